The summed E-state index contributed by atoms with van der Waals surface area (Å²) < 4.78 is 58.6. The summed E-state index contributed by atoms with van der Waals surface area (Å²) in [5, 5.41) is 28.1. The zero-order valence-electron chi connectivity index (χ0n) is 41.0. The maximum atomic E-state index is 13.3. The van der Waals surface area contributed by atoms with E-state index in [1.165, 1.54) is 0 Å². The summed E-state index contributed by atoms with van der Waals surface area (Å²) in [6.45, 7) is 5.74. The summed E-state index contributed by atoms with van der Waals surface area (Å²) in [6, 6.07) is 21.1. The second-order valence-corrected chi connectivity index (χ2v) is 24.1. The van der Waals surface area contributed by atoms with Gasteiger partial charge in [0, 0.05) is 84.3 Å². The molecule has 6 N–H and O–H groups in total. The number of sulfonamides is 2. The molecule has 4 atom stereocenters. The first-order chi connectivity index (χ1) is 34.1. The maximum Gasteiger partial charge on any atom is 0.252 e. The quantitative estimate of drug-likeness (QED) is 0.0481. The van der Waals surface area contributed by atoms with Crippen molar-refractivity contribution in [1.29, 1.82) is 0 Å². The van der Waals surface area contributed by atoms with Crippen molar-refractivity contribution in [2.75, 3.05) is 93.6 Å². The lowest BCUT2D eigenvalue weighted by atomic mass is 9.85. The van der Waals surface area contributed by atoms with Crippen LogP contribution in [0.1, 0.15) is 70.9 Å². The molecule has 0 bridgehead atoms. The van der Waals surface area contributed by atoms with Gasteiger partial charge in [0.05, 0.1) is 9.79 Å². The summed E-state index contributed by atoms with van der Waals surface area (Å²) in [6.07, 6.45) is -1.88. The predicted molar refractivity (Wildman–Crippen MR) is 284 cm³/mol. The van der Waals surface area contributed by atoms with Crippen LogP contribution in [-0.4, -0.2) is 164 Å². The van der Waals surface area contributed by atoms with Gasteiger partial charge in [-0.25, -0.2) is 26.3 Å². The average Bonchev–Trinajstić information content (AvgIpc) is 3.34. The molecule has 2 aliphatic rings. The van der Waals surface area contributed by atoms with E-state index in [0.29, 0.717) is 98.1 Å². The minimum atomic E-state index is -3.79. The molecule has 0 saturated heterocycles. The number of aliphatic hydroxyl groups excluding tert-OH is 2. The zero-order chi connectivity index (χ0) is 52.3. The highest BCUT2D eigenvalue weighted by Crippen LogP contribution is 2.40. The molecule has 2 heterocycles. The van der Waals surface area contributed by atoms with Crippen molar-refractivity contribution in [2.24, 2.45) is 0 Å². The Morgan fingerprint density at radius 2 is 0.958 bits per heavy atom. The van der Waals surface area contributed by atoms with E-state index in [1.54, 1.807) is 48.5 Å². The molecule has 0 radical (unpaired) electrons. The number of hydrogen-bond acceptors (Lipinski definition) is 12. The maximum absolute atomic E-state index is 13.3. The number of amides is 2. The number of hydrogen-bond donors (Lipinski definition) is 6. The van der Waals surface area contributed by atoms with Crippen LogP contribution < -0.4 is 20.1 Å². The van der Waals surface area contributed by atoms with Gasteiger partial charge in [-0.1, -0.05) is 70.7 Å². The van der Waals surface area contributed by atoms with Crippen molar-refractivity contribution in [2.45, 2.75) is 72.6 Å². The number of likely N-dealkylation sites (N-methyl/N-ethyl adjacent to an activating group) is 2. The fourth-order valence-corrected chi connectivity index (χ4v) is 12.6. The third-order valence-electron chi connectivity index (χ3n) is 13.0. The lowest BCUT2D eigenvalue weighted by Crippen LogP contribution is -2.50. The van der Waals surface area contributed by atoms with Crippen LogP contribution in [0.3, 0.4) is 0 Å². The third-order valence-corrected chi connectivity index (χ3v) is 17.0. The lowest BCUT2D eigenvalue weighted by molar-refractivity contribution is -0.146. The van der Waals surface area contributed by atoms with E-state index < -0.39 is 44.1 Å². The van der Waals surface area contributed by atoms with E-state index in [2.05, 4.69) is 29.9 Å². The number of carbonyl (C=O) groups excluding carboxylic acids is 2. The van der Waals surface area contributed by atoms with E-state index in [9.17, 15) is 36.6 Å². The fourth-order valence-electron chi connectivity index (χ4n) is 9.18. The van der Waals surface area contributed by atoms with Gasteiger partial charge in [-0.3, -0.25) is 9.59 Å². The molecule has 16 nitrogen and oxygen atoms in total. The van der Waals surface area contributed by atoms with Gasteiger partial charge in [-0.05, 0) is 162 Å². The largest absolute Gasteiger partial charge is 0.380 e. The number of benzene rings is 4. The van der Waals surface area contributed by atoms with E-state index in [1.807, 2.05) is 62.3 Å². The van der Waals surface area contributed by atoms with Crippen molar-refractivity contribution in [3.05, 3.63) is 126 Å². The van der Waals surface area contributed by atoms with Gasteiger partial charge in [0.15, 0.2) is 12.2 Å². The van der Waals surface area contributed by atoms with E-state index in [-0.39, 0.29) is 47.8 Å². The first-order valence-corrected chi connectivity index (χ1v) is 28.4. The number of fused-ring (bicyclic) bond motifs is 2. The monoisotopic (exact) mass is 1110 g/mol. The van der Waals surface area contributed by atoms with Crippen LogP contribution in [0.4, 0.5) is 0 Å². The Morgan fingerprint density at radius 3 is 1.33 bits per heavy atom. The number of carbonyl (C=O) groups is 2. The predicted octanol–water partition coefficient (Wildman–Crippen LogP) is 5.09. The minimum absolute atomic E-state index is 0.105. The van der Waals surface area contributed by atoms with Crippen molar-refractivity contribution >= 4 is 78.3 Å². The van der Waals surface area contributed by atoms with Crippen molar-refractivity contribution in [3.63, 3.8) is 0 Å². The Labute approximate surface area is 444 Å². The molecule has 6 rings (SSSR count). The number of halogens is 4. The molecule has 0 fully saturated rings. The highest BCUT2D eigenvalue weighted by molar-refractivity contribution is 7.89. The summed E-state index contributed by atoms with van der Waals surface area (Å²) in [7, 11) is 0.148. The molecule has 22 heteroatoms. The Hall–Kier alpha value is -3.44. The van der Waals surface area contributed by atoms with E-state index in [4.69, 9.17) is 46.4 Å². The molecule has 72 heavy (non-hydrogen) atoms. The molecule has 4 unspecified atom stereocenters. The number of aliphatic hydroxyl groups is 2. The average molecular weight is 1110 g/mol. The van der Waals surface area contributed by atoms with Gasteiger partial charge >= 0.3 is 0 Å². The van der Waals surface area contributed by atoms with Gasteiger partial charge in [0.25, 0.3) is 11.8 Å². The molecule has 0 aromatic heterocycles. The van der Waals surface area contributed by atoms with Crippen molar-refractivity contribution < 1.29 is 36.6 Å². The number of nitrogens with one attached hydrogen (secondary N) is 4. The van der Waals surface area contributed by atoms with E-state index >= 15 is 0 Å². The molecular weight excluding hydrogens is 1050 g/mol. The lowest BCUT2D eigenvalue weighted by Gasteiger charge is -2.33. The molecule has 0 aliphatic carbocycles. The third kappa shape index (κ3) is 15.8. The molecule has 0 saturated carbocycles. The van der Waals surface area contributed by atoms with Gasteiger partial charge in [0.1, 0.15) is 0 Å². The number of nitrogens with zero attached hydrogens (tertiary/aromatic N) is 4. The van der Waals surface area contributed by atoms with Crippen LogP contribution in [0, 0.1) is 0 Å². The molecule has 4 aromatic carbocycles. The smallest absolute Gasteiger partial charge is 0.252 e. The van der Waals surface area contributed by atoms with Crippen LogP contribution in [0.5, 0.6) is 0 Å². The summed E-state index contributed by atoms with van der Waals surface area (Å²) in [4.78, 5) is 33.7. The standard InChI is InChI=1S/C50H66Cl4N8O8S2/c1-59(21-9-17-57-71(67,68)37-13-5-11-33(23-37)41-29-61(3)31-43-39(41)25-35(51)27-45(43)53)19-7-15-55-49(65)47(63)48(64)50(66)56-16-8-20-60(2)22-10-18-58-72(69,70)38-14-6-12-34(24-38)42-30-62(4)32-44-40(42)26-36(52)28-46(44)54/h5-6,11-14,23-28,41-42,47-48,57-58,63-64H,7-10,15-22,29-32H2,1-4H3,(H,55,65)(H,56,66). The molecule has 394 valence electrons. The molecule has 0 spiro atoms. The Morgan fingerprint density at radius 1 is 0.597 bits per heavy atom. The van der Waals surface area contributed by atoms with E-state index in [0.717, 1.165) is 33.4 Å². The van der Waals surface area contributed by atoms with Gasteiger partial charge in [-0.15, -0.1) is 0 Å². The molecule has 2 amide bonds. The van der Waals surface area contributed by atoms with Gasteiger partial charge < -0.3 is 40.4 Å². The Bertz CT molecular complexity index is 2570. The van der Waals surface area contributed by atoms with Gasteiger partial charge in [-0.2, -0.15) is 0 Å². The van der Waals surface area contributed by atoms with Gasteiger partial charge in [0.2, 0.25) is 20.0 Å². The summed E-state index contributed by atoms with van der Waals surface area (Å²) >= 11 is 25.8. The van der Waals surface area contributed by atoms with Crippen molar-refractivity contribution in [3.8, 4) is 0 Å². The molecule has 4 aromatic rings. The topological polar surface area (TPSA) is 204 Å². The van der Waals surface area contributed by atoms with Crippen molar-refractivity contribution in [1.82, 2.24) is 39.7 Å². The van der Waals surface area contributed by atoms with Crippen LogP contribution in [0.15, 0.2) is 82.6 Å². The Balaban J connectivity index is 0.818. The molecule has 2 aliphatic heterocycles. The highest BCUT2D eigenvalue weighted by Gasteiger charge is 2.32. The van der Waals surface area contributed by atoms with Crippen LogP contribution >= 0.6 is 46.4 Å². The van der Waals surface area contributed by atoms with Crippen LogP contribution in [0.2, 0.25) is 20.1 Å². The van der Waals surface area contributed by atoms with Crippen LogP contribution in [0.25, 0.3) is 0 Å². The molecular formula is C50H66Cl4N8O8S2. The summed E-state index contributed by atoms with van der Waals surface area (Å²) in [5.41, 5.74) is 5.64. The Kier molecular flexibility index (Phi) is 21.2. The second-order valence-electron chi connectivity index (χ2n) is 18.8. The minimum Gasteiger partial charge on any atom is -0.380 e. The van der Waals surface area contributed by atoms with Crippen LogP contribution in [-0.2, 0) is 42.7 Å². The normalized spacial score (nSPS) is 17.4. The SMILES string of the molecule is CN(CCCNC(=O)C(O)C(O)C(=O)NCCCN(C)CCCNS(=O)(=O)c1cccc(C2CN(C)Cc3c(Cl)cc(Cl)cc32)c1)CCCNS(=O)(=O)c1cccc(C2CN(C)Cc3c(Cl)cc(Cl)cc32)c1. The first-order valence-electron chi connectivity index (χ1n) is 23.9. The second kappa shape index (κ2) is 26.4. The number of rotatable bonds is 25. The highest BCUT2D eigenvalue weighted by atomic mass is 35.5. The summed E-state index contributed by atoms with van der Waals surface area (Å²) in [5.74, 6) is -1.97. The fraction of sp³-hybridized carbons (Fsp3) is 0.480. The zero-order valence-corrected chi connectivity index (χ0v) is 45.7. The first kappa shape index (κ1) is 57.8.